The number of nitrogens with zero attached hydrogens (tertiary/aromatic N) is 2. The summed E-state index contributed by atoms with van der Waals surface area (Å²) in [6, 6.07) is 9.41. The van der Waals surface area contributed by atoms with Crippen LogP contribution in [-0.2, 0) is 21.8 Å². The summed E-state index contributed by atoms with van der Waals surface area (Å²) >= 11 is 0. The third kappa shape index (κ3) is 6.28. The van der Waals surface area contributed by atoms with Gasteiger partial charge in [0.1, 0.15) is 5.56 Å². The van der Waals surface area contributed by atoms with E-state index in [1.165, 1.54) is 0 Å². The maximum absolute atomic E-state index is 12.5. The summed E-state index contributed by atoms with van der Waals surface area (Å²) in [4.78, 5) is 21.1. The number of esters is 1. The SMILES string of the molecule is CCOC(=O)c1c([C]2[CH][CH][CH][CH]2)nc(N)nc1-c1ccccc1.[CH]1[CH][CH][CH][CH]1.[Fe+2]. The van der Waals surface area contributed by atoms with Crippen molar-refractivity contribution in [3.05, 3.63) is 105 Å². The van der Waals surface area contributed by atoms with Crippen molar-refractivity contribution in [2.24, 2.45) is 0 Å². The average molecular weight is 427 g/mol. The first-order chi connectivity index (χ1) is 13.7. The van der Waals surface area contributed by atoms with Gasteiger partial charge in [0.2, 0.25) is 5.95 Å². The van der Waals surface area contributed by atoms with Crippen molar-refractivity contribution in [2.45, 2.75) is 6.92 Å². The fourth-order valence-electron chi connectivity index (χ4n) is 2.74. The number of rotatable bonds is 4. The molecule has 2 saturated carbocycles. The predicted octanol–water partition coefficient (Wildman–Crippen LogP) is 3.67. The van der Waals surface area contributed by atoms with Gasteiger partial charge in [-0.25, -0.2) is 14.8 Å². The summed E-state index contributed by atoms with van der Waals surface area (Å²) in [7, 11) is 0. The first-order valence-electron chi connectivity index (χ1n) is 8.99. The third-order valence-corrected chi connectivity index (χ3v) is 3.94. The minimum atomic E-state index is -0.456. The molecule has 5 nitrogen and oxygen atoms in total. The number of carbonyl (C=O) groups excluding carboxylic acids is 1. The smallest absolute Gasteiger partial charge is 0.462 e. The minimum absolute atomic E-state index is 0. The Kier molecular flexibility index (Phi) is 9.62. The number of carbonyl (C=O) groups is 1. The number of hydrogen-bond donors (Lipinski definition) is 1. The summed E-state index contributed by atoms with van der Waals surface area (Å²) in [6.45, 7) is 2.04. The monoisotopic (exact) mass is 427 g/mol. The van der Waals surface area contributed by atoms with Gasteiger partial charge in [-0.1, -0.05) is 30.3 Å². The Morgan fingerprint density at radius 1 is 0.897 bits per heavy atom. The molecule has 0 amide bonds. The Morgan fingerprint density at radius 3 is 2.00 bits per heavy atom. The van der Waals surface area contributed by atoms with Crippen LogP contribution in [0, 0.1) is 63.7 Å². The van der Waals surface area contributed by atoms with E-state index in [1.807, 2.05) is 88.1 Å². The standard InChI is InChI=1S/C18H16N3O2.C5H5.Fe/c1-2-23-17(22)14-15(12-8-4-3-5-9-12)20-18(19)21-16(14)13-10-6-7-11-13;1-2-4-5-3-1;/h3-11H,2H2,1H3,(H2,19,20,21);1-5H;/q;;+2. The molecule has 0 unspecified atom stereocenters. The molecule has 1 aromatic heterocycles. The molecule has 4 rings (SSSR count). The third-order valence-electron chi connectivity index (χ3n) is 3.94. The maximum Gasteiger partial charge on any atom is 2.00 e. The largest absolute Gasteiger partial charge is 2.00 e. The van der Waals surface area contributed by atoms with Crippen molar-refractivity contribution in [3.8, 4) is 11.3 Å². The number of anilines is 1. The molecule has 0 spiro atoms. The molecule has 1 heterocycles. The van der Waals surface area contributed by atoms with Crippen LogP contribution in [0.4, 0.5) is 5.95 Å². The Labute approximate surface area is 184 Å². The second kappa shape index (κ2) is 11.9. The molecule has 0 bridgehead atoms. The van der Waals surface area contributed by atoms with Gasteiger partial charge in [0.05, 0.1) is 18.0 Å². The van der Waals surface area contributed by atoms with E-state index >= 15 is 0 Å². The molecule has 2 aliphatic rings. The molecule has 0 aliphatic heterocycles. The summed E-state index contributed by atoms with van der Waals surface area (Å²) < 4.78 is 5.21. The van der Waals surface area contributed by atoms with Crippen molar-refractivity contribution < 1.29 is 26.6 Å². The van der Waals surface area contributed by atoms with Gasteiger partial charge in [-0.2, -0.15) is 0 Å². The Morgan fingerprint density at radius 2 is 1.45 bits per heavy atom. The van der Waals surface area contributed by atoms with Crippen molar-refractivity contribution in [1.82, 2.24) is 9.97 Å². The molecular weight excluding hydrogens is 406 g/mol. The van der Waals surface area contributed by atoms with Crippen LogP contribution < -0.4 is 5.73 Å². The number of hydrogen-bond acceptors (Lipinski definition) is 5. The van der Waals surface area contributed by atoms with Gasteiger partial charge in [-0.15, -0.1) is 0 Å². The van der Waals surface area contributed by atoms with Crippen LogP contribution in [0.2, 0.25) is 0 Å². The van der Waals surface area contributed by atoms with E-state index in [4.69, 9.17) is 10.5 Å². The van der Waals surface area contributed by atoms with Crippen molar-refractivity contribution in [1.29, 1.82) is 0 Å². The van der Waals surface area contributed by atoms with E-state index in [0.717, 1.165) is 11.5 Å². The van der Waals surface area contributed by atoms with Crippen molar-refractivity contribution >= 4 is 11.9 Å². The zero-order valence-electron chi connectivity index (χ0n) is 15.9. The zero-order chi connectivity index (χ0) is 19.8. The number of ether oxygens (including phenoxy) is 1. The summed E-state index contributed by atoms with van der Waals surface area (Å²) in [5, 5.41) is 0. The average Bonchev–Trinajstić information content (AvgIpc) is 3.44. The van der Waals surface area contributed by atoms with Gasteiger partial charge in [0, 0.05) is 11.5 Å². The van der Waals surface area contributed by atoms with Crippen molar-refractivity contribution in [2.75, 3.05) is 12.3 Å². The van der Waals surface area contributed by atoms with Gasteiger partial charge in [0.25, 0.3) is 0 Å². The summed E-state index contributed by atoms with van der Waals surface area (Å²) in [5.41, 5.74) is 7.96. The Balaban J connectivity index is 0.000000437. The molecule has 0 saturated heterocycles. The number of benzene rings is 1. The number of aromatic nitrogens is 2. The van der Waals surface area contributed by atoms with Gasteiger partial charge in [0.15, 0.2) is 0 Å². The first-order valence-corrected chi connectivity index (χ1v) is 8.99. The topological polar surface area (TPSA) is 78.1 Å². The molecule has 2 fully saturated rings. The molecule has 0 atom stereocenters. The molecule has 10 radical (unpaired) electrons. The van der Waals surface area contributed by atoms with E-state index < -0.39 is 5.97 Å². The van der Waals surface area contributed by atoms with Crippen LogP contribution in [0.15, 0.2) is 30.3 Å². The quantitative estimate of drug-likeness (QED) is 0.595. The van der Waals surface area contributed by atoms with Gasteiger partial charge in [-0.3, -0.25) is 0 Å². The first kappa shape index (κ1) is 23.4. The molecule has 29 heavy (non-hydrogen) atoms. The predicted molar refractivity (Wildman–Crippen MR) is 109 cm³/mol. The zero-order valence-corrected chi connectivity index (χ0v) is 17.0. The minimum Gasteiger partial charge on any atom is -0.462 e. The maximum atomic E-state index is 12.5. The fraction of sp³-hybridized carbons (Fsp3) is 0.0870. The Bertz CT molecular complexity index is 766. The summed E-state index contributed by atoms with van der Waals surface area (Å²) in [5.74, 6) is 0.468. The van der Waals surface area contributed by atoms with E-state index in [9.17, 15) is 4.79 Å². The number of nitrogen functional groups attached to an aromatic ring is 1. The van der Waals surface area contributed by atoms with Crippen LogP contribution >= 0.6 is 0 Å². The van der Waals surface area contributed by atoms with Crippen molar-refractivity contribution in [3.63, 3.8) is 0 Å². The van der Waals surface area contributed by atoms with E-state index in [0.29, 0.717) is 17.0 Å². The Hall–Kier alpha value is -1.91. The van der Waals surface area contributed by atoms with Gasteiger partial charge < -0.3 is 10.5 Å². The van der Waals surface area contributed by atoms with E-state index in [2.05, 4.69) is 9.97 Å². The van der Waals surface area contributed by atoms with Crippen LogP contribution in [-0.4, -0.2) is 22.5 Å². The normalized spacial score (nSPS) is 15.9. The second-order valence-corrected chi connectivity index (χ2v) is 5.88. The second-order valence-electron chi connectivity index (χ2n) is 5.88. The van der Waals surface area contributed by atoms with E-state index in [1.54, 1.807) is 6.92 Å². The molecule has 2 aliphatic carbocycles. The molecule has 1 aromatic carbocycles. The van der Waals surface area contributed by atoms with Crippen LogP contribution in [0.25, 0.3) is 11.3 Å². The van der Waals surface area contributed by atoms with Gasteiger partial charge >= 0.3 is 23.0 Å². The molecule has 2 aromatic rings. The molecule has 2 N–H and O–H groups in total. The van der Waals surface area contributed by atoms with Crippen LogP contribution in [0.5, 0.6) is 0 Å². The summed E-state index contributed by atoms with van der Waals surface area (Å²) in [6.07, 6.45) is 17.5. The van der Waals surface area contributed by atoms with Crippen LogP contribution in [0.3, 0.4) is 0 Å². The molecule has 6 heteroatoms. The van der Waals surface area contributed by atoms with E-state index in [-0.39, 0.29) is 29.6 Å². The molecule has 146 valence electrons. The fourth-order valence-corrected chi connectivity index (χ4v) is 2.74. The molecular formula is C23H21FeN3O2+2. The van der Waals surface area contributed by atoms with Crippen LogP contribution in [0.1, 0.15) is 23.0 Å². The number of nitrogens with two attached hydrogens (primary N) is 1. The van der Waals surface area contributed by atoms with Gasteiger partial charge in [-0.05, 0) is 64.7 Å².